The van der Waals surface area contributed by atoms with Crippen LogP contribution in [0.15, 0.2) is 78.5 Å². The maximum atomic E-state index is 13.6. The zero-order valence-electron chi connectivity index (χ0n) is 20.1. The third-order valence-electron chi connectivity index (χ3n) is 6.44. The lowest BCUT2D eigenvalue weighted by atomic mass is 10.0. The Balaban J connectivity index is 1.50. The summed E-state index contributed by atoms with van der Waals surface area (Å²) < 4.78 is 5.55. The van der Waals surface area contributed by atoms with E-state index in [2.05, 4.69) is 22.3 Å². The van der Waals surface area contributed by atoms with E-state index in [-0.39, 0.29) is 17.5 Å². The number of hydrogen-bond donors (Lipinski definition) is 1. The predicted octanol–water partition coefficient (Wildman–Crippen LogP) is 5.39. The van der Waals surface area contributed by atoms with Gasteiger partial charge in [-0.3, -0.25) is 9.59 Å². The van der Waals surface area contributed by atoms with E-state index in [1.165, 1.54) is 23.4 Å². The number of carbonyl (C=O) groups excluding carboxylic acids is 2. The number of imide groups is 1. The van der Waals surface area contributed by atoms with Crippen molar-refractivity contribution in [1.82, 2.24) is 0 Å². The number of nitrogens with one attached hydrogen (secondary N) is 1. The van der Waals surface area contributed by atoms with E-state index in [1.807, 2.05) is 62.4 Å². The van der Waals surface area contributed by atoms with Gasteiger partial charge in [0.15, 0.2) is 0 Å². The zero-order valence-corrected chi connectivity index (χ0v) is 20.1. The van der Waals surface area contributed by atoms with Crippen LogP contribution in [0.2, 0.25) is 0 Å². The van der Waals surface area contributed by atoms with Crippen LogP contribution in [0.1, 0.15) is 30.9 Å². The van der Waals surface area contributed by atoms with E-state index in [1.54, 1.807) is 12.1 Å². The summed E-state index contributed by atoms with van der Waals surface area (Å²) in [6.45, 7) is 6.59. The van der Waals surface area contributed by atoms with Crippen molar-refractivity contribution in [2.75, 3.05) is 34.8 Å². The van der Waals surface area contributed by atoms with E-state index in [0.29, 0.717) is 23.4 Å². The van der Waals surface area contributed by atoms with E-state index in [0.717, 1.165) is 30.1 Å². The van der Waals surface area contributed by atoms with E-state index in [4.69, 9.17) is 4.74 Å². The zero-order chi connectivity index (χ0) is 24.4. The first-order chi connectivity index (χ1) is 17.0. The molecule has 0 aliphatic carbocycles. The van der Waals surface area contributed by atoms with Crippen LogP contribution in [0.3, 0.4) is 0 Å². The van der Waals surface area contributed by atoms with Crippen molar-refractivity contribution in [1.29, 1.82) is 0 Å². The lowest BCUT2D eigenvalue weighted by Gasteiger charge is -2.18. The predicted molar refractivity (Wildman–Crippen MR) is 140 cm³/mol. The molecule has 0 atom stereocenters. The van der Waals surface area contributed by atoms with Gasteiger partial charge in [0.25, 0.3) is 11.8 Å². The van der Waals surface area contributed by atoms with Crippen LogP contribution >= 0.6 is 0 Å². The van der Waals surface area contributed by atoms with Gasteiger partial charge in [-0.25, -0.2) is 4.90 Å². The molecule has 0 bridgehead atoms. The summed E-state index contributed by atoms with van der Waals surface area (Å²) in [6, 6.07) is 22.7. The van der Waals surface area contributed by atoms with Gasteiger partial charge in [-0.1, -0.05) is 29.8 Å². The molecule has 0 spiro atoms. The molecule has 178 valence electrons. The Hall–Kier alpha value is -4.06. The molecule has 0 aromatic heterocycles. The number of aryl methyl sites for hydroxylation is 1. The number of carbonyl (C=O) groups is 2. The van der Waals surface area contributed by atoms with Crippen LogP contribution in [0, 0.1) is 6.92 Å². The summed E-state index contributed by atoms with van der Waals surface area (Å²) in [5.74, 6) is 0.00146. The standard InChI is InChI=1S/C29H29N3O3/c1-3-35-25-16-8-21(9-17-25)26-27(29(34)32(28(26)33)24-12-6-20(2)7-13-24)30-22-10-14-23(15-11-22)31-18-4-5-19-31/h6-17,30H,3-5,18-19H2,1-2H3. The highest BCUT2D eigenvalue weighted by atomic mass is 16.5. The van der Waals surface area contributed by atoms with Crippen molar-refractivity contribution >= 4 is 34.4 Å². The van der Waals surface area contributed by atoms with Gasteiger partial charge in [-0.05, 0) is 80.8 Å². The van der Waals surface area contributed by atoms with Gasteiger partial charge in [0, 0.05) is 24.5 Å². The number of nitrogens with zero attached hydrogens (tertiary/aromatic N) is 2. The smallest absolute Gasteiger partial charge is 0.282 e. The molecule has 35 heavy (non-hydrogen) atoms. The van der Waals surface area contributed by atoms with Crippen LogP contribution in [-0.2, 0) is 9.59 Å². The van der Waals surface area contributed by atoms with Crippen molar-refractivity contribution in [3.63, 3.8) is 0 Å². The fraction of sp³-hybridized carbons (Fsp3) is 0.241. The molecule has 1 saturated heterocycles. The number of benzene rings is 3. The van der Waals surface area contributed by atoms with Crippen LogP contribution < -0.4 is 19.9 Å². The number of hydrogen-bond acceptors (Lipinski definition) is 5. The Morgan fingerprint density at radius 3 is 2.06 bits per heavy atom. The highest BCUT2D eigenvalue weighted by Crippen LogP contribution is 2.35. The van der Waals surface area contributed by atoms with Gasteiger partial charge in [0.1, 0.15) is 11.4 Å². The largest absolute Gasteiger partial charge is 0.494 e. The minimum atomic E-state index is -0.369. The van der Waals surface area contributed by atoms with Gasteiger partial charge >= 0.3 is 0 Å². The lowest BCUT2D eigenvalue weighted by molar-refractivity contribution is -0.120. The highest BCUT2D eigenvalue weighted by Gasteiger charge is 2.40. The summed E-state index contributed by atoms with van der Waals surface area (Å²) in [5.41, 5.74) is 4.83. The minimum Gasteiger partial charge on any atom is -0.494 e. The molecule has 3 aromatic rings. The third-order valence-corrected chi connectivity index (χ3v) is 6.44. The van der Waals surface area contributed by atoms with Crippen molar-refractivity contribution < 1.29 is 14.3 Å². The SMILES string of the molecule is CCOc1ccc(C2=C(Nc3ccc(N4CCCC4)cc3)C(=O)N(c3ccc(C)cc3)C2=O)cc1. The Labute approximate surface area is 205 Å². The maximum Gasteiger partial charge on any atom is 0.282 e. The molecule has 6 heteroatoms. The second-order valence-corrected chi connectivity index (χ2v) is 8.85. The molecule has 1 fully saturated rings. The molecule has 0 saturated carbocycles. The lowest BCUT2D eigenvalue weighted by Crippen LogP contribution is -2.32. The highest BCUT2D eigenvalue weighted by molar-refractivity contribution is 6.46. The molecular formula is C29H29N3O3. The van der Waals surface area contributed by atoms with E-state index < -0.39 is 0 Å². The van der Waals surface area contributed by atoms with Crippen molar-refractivity contribution in [3.05, 3.63) is 89.6 Å². The first-order valence-electron chi connectivity index (χ1n) is 12.1. The van der Waals surface area contributed by atoms with Gasteiger partial charge in [-0.2, -0.15) is 0 Å². The Bertz CT molecular complexity index is 1260. The van der Waals surface area contributed by atoms with Crippen LogP contribution in [0.4, 0.5) is 17.1 Å². The minimum absolute atomic E-state index is 0.272. The van der Waals surface area contributed by atoms with Crippen LogP contribution in [0.5, 0.6) is 5.75 Å². The first kappa shape index (κ1) is 22.7. The van der Waals surface area contributed by atoms with Gasteiger partial charge in [0.05, 0.1) is 17.9 Å². The number of ether oxygens (including phenoxy) is 1. The fourth-order valence-corrected chi connectivity index (χ4v) is 4.60. The molecule has 2 aliphatic rings. The monoisotopic (exact) mass is 467 g/mol. The molecular weight excluding hydrogens is 438 g/mol. The average Bonchev–Trinajstić information content (AvgIpc) is 3.49. The number of anilines is 3. The molecule has 6 nitrogen and oxygen atoms in total. The summed E-state index contributed by atoms with van der Waals surface area (Å²) >= 11 is 0. The summed E-state index contributed by atoms with van der Waals surface area (Å²) in [7, 11) is 0. The molecule has 5 rings (SSSR count). The Morgan fingerprint density at radius 1 is 0.800 bits per heavy atom. The molecule has 0 radical (unpaired) electrons. The topological polar surface area (TPSA) is 61.9 Å². The second-order valence-electron chi connectivity index (χ2n) is 8.85. The third kappa shape index (κ3) is 4.52. The van der Waals surface area contributed by atoms with Gasteiger partial charge < -0.3 is 15.0 Å². The Kier molecular flexibility index (Phi) is 6.27. The second kappa shape index (κ2) is 9.66. The van der Waals surface area contributed by atoms with Gasteiger partial charge in [0.2, 0.25) is 0 Å². The molecule has 0 unspecified atom stereocenters. The summed E-state index contributed by atoms with van der Waals surface area (Å²) in [4.78, 5) is 30.8. The van der Waals surface area contributed by atoms with E-state index >= 15 is 0 Å². The number of rotatable bonds is 7. The van der Waals surface area contributed by atoms with Crippen molar-refractivity contribution in [2.45, 2.75) is 26.7 Å². The van der Waals surface area contributed by atoms with Crippen LogP contribution in [-0.4, -0.2) is 31.5 Å². The normalized spacial score (nSPS) is 15.8. The molecule has 2 aliphatic heterocycles. The molecule has 2 heterocycles. The molecule has 2 amide bonds. The van der Waals surface area contributed by atoms with Gasteiger partial charge in [-0.15, -0.1) is 0 Å². The van der Waals surface area contributed by atoms with Crippen LogP contribution in [0.25, 0.3) is 5.57 Å². The van der Waals surface area contributed by atoms with Crippen molar-refractivity contribution in [3.8, 4) is 5.75 Å². The van der Waals surface area contributed by atoms with E-state index in [9.17, 15) is 9.59 Å². The first-order valence-corrected chi connectivity index (χ1v) is 12.1. The molecule has 1 N–H and O–H groups in total. The average molecular weight is 468 g/mol. The summed E-state index contributed by atoms with van der Waals surface area (Å²) in [6.07, 6.45) is 2.42. The quantitative estimate of drug-likeness (QED) is 0.472. The Morgan fingerprint density at radius 2 is 1.43 bits per heavy atom. The molecule has 3 aromatic carbocycles. The summed E-state index contributed by atoms with van der Waals surface area (Å²) in [5, 5.41) is 3.26. The fourth-order valence-electron chi connectivity index (χ4n) is 4.60. The maximum absolute atomic E-state index is 13.6. The van der Waals surface area contributed by atoms with Crippen molar-refractivity contribution in [2.24, 2.45) is 0 Å². The number of amides is 2.